The summed E-state index contributed by atoms with van der Waals surface area (Å²) in [4.78, 5) is 0. The van der Waals surface area contributed by atoms with E-state index in [-0.39, 0.29) is 0 Å². The standard InChI is InChI=1S/C4H6F4O/c1-9-4(8)2(5)3(6)7/h2-4H,1H3. The fraction of sp³-hybridized carbons (Fsp3) is 1.00. The molecule has 0 aliphatic rings. The smallest absolute Gasteiger partial charge is 0.274 e. The van der Waals surface area contributed by atoms with Crippen LogP contribution in [0, 0.1) is 0 Å². The average Bonchev–Trinajstić information content (AvgIpc) is 1.84. The normalized spacial score (nSPS) is 18.0. The third-order valence-electron chi connectivity index (χ3n) is 0.716. The third-order valence-corrected chi connectivity index (χ3v) is 0.716. The fourth-order valence-corrected chi connectivity index (χ4v) is 0.244. The Labute approximate surface area is 49.6 Å². The molecule has 0 bridgehead atoms. The lowest BCUT2D eigenvalue weighted by molar-refractivity contribution is -0.110. The van der Waals surface area contributed by atoms with Crippen LogP contribution in [0.5, 0.6) is 0 Å². The van der Waals surface area contributed by atoms with Crippen LogP contribution >= 0.6 is 0 Å². The Bertz CT molecular complexity index is 77.0. The number of rotatable bonds is 3. The van der Waals surface area contributed by atoms with Gasteiger partial charge in [0.1, 0.15) is 0 Å². The van der Waals surface area contributed by atoms with Crippen LogP contribution in [0.2, 0.25) is 0 Å². The van der Waals surface area contributed by atoms with E-state index < -0.39 is 19.0 Å². The van der Waals surface area contributed by atoms with Gasteiger partial charge in [0.05, 0.1) is 0 Å². The van der Waals surface area contributed by atoms with Crippen molar-refractivity contribution in [2.75, 3.05) is 7.11 Å². The number of ether oxygens (including phenoxy) is 1. The Hall–Kier alpha value is -0.320. The molecule has 5 heteroatoms. The van der Waals surface area contributed by atoms with Gasteiger partial charge < -0.3 is 4.74 Å². The first-order valence-corrected chi connectivity index (χ1v) is 2.18. The zero-order chi connectivity index (χ0) is 7.44. The number of alkyl halides is 4. The van der Waals surface area contributed by atoms with E-state index in [0.29, 0.717) is 0 Å². The maximum atomic E-state index is 11.7. The monoisotopic (exact) mass is 146 g/mol. The quantitative estimate of drug-likeness (QED) is 0.548. The molecule has 0 aromatic heterocycles. The highest BCUT2D eigenvalue weighted by atomic mass is 19.3. The van der Waals surface area contributed by atoms with Crippen molar-refractivity contribution in [3.8, 4) is 0 Å². The number of methoxy groups -OCH3 is 1. The summed E-state index contributed by atoms with van der Waals surface area (Å²) in [6, 6.07) is 0. The largest absolute Gasteiger partial charge is 0.349 e. The van der Waals surface area contributed by atoms with E-state index in [1.165, 1.54) is 0 Å². The van der Waals surface area contributed by atoms with Crippen LogP contribution in [-0.2, 0) is 4.74 Å². The van der Waals surface area contributed by atoms with Crippen molar-refractivity contribution in [1.29, 1.82) is 0 Å². The first-order chi connectivity index (χ1) is 4.09. The lowest BCUT2D eigenvalue weighted by atomic mass is 10.4. The highest BCUT2D eigenvalue weighted by Crippen LogP contribution is 2.12. The topological polar surface area (TPSA) is 9.23 Å². The molecule has 0 N–H and O–H groups in total. The molecule has 0 saturated heterocycles. The van der Waals surface area contributed by atoms with E-state index in [4.69, 9.17) is 0 Å². The van der Waals surface area contributed by atoms with Crippen molar-refractivity contribution in [3.05, 3.63) is 0 Å². The summed E-state index contributed by atoms with van der Waals surface area (Å²) in [5.41, 5.74) is 0. The summed E-state index contributed by atoms with van der Waals surface area (Å²) >= 11 is 0. The molecule has 0 saturated carbocycles. The number of halogens is 4. The van der Waals surface area contributed by atoms with Gasteiger partial charge in [0.2, 0.25) is 12.5 Å². The van der Waals surface area contributed by atoms with Crippen LogP contribution in [0.15, 0.2) is 0 Å². The van der Waals surface area contributed by atoms with Gasteiger partial charge in [-0.1, -0.05) is 0 Å². The Morgan fingerprint density at radius 1 is 1.11 bits per heavy atom. The average molecular weight is 146 g/mol. The summed E-state index contributed by atoms with van der Waals surface area (Å²) in [5.74, 6) is 0. The molecular weight excluding hydrogens is 140 g/mol. The van der Waals surface area contributed by atoms with Crippen LogP contribution < -0.4 is 0 Å². The summed E-state index contributed by atoms with van der Waals surface area (Å²) < 4.78 is 49.4. The molecule has 0 spiro atoms. The Balaban J connectivity index is 3.58. The van der Waals surface area contributed by atoms with E-state index in [1.807, 2.05) is 0 Å². The molecular formula is C4H6F4O. The second kappa shape index (κ2) is 3.66. The van der Waals surface area contributed by atoms with Crippen LogP contribution in [0.1, 0.15) is 0 Å². The molecule has 0 aliphatic carbocycles. The van der Waals surface area contributed by atoms with E-state index >= 15 is 0 Å². The number of hydrogen-bond acceptors (Lipinski definition) is 1. The third kappa shape index (κ3) is 2.64. The van der Waals surface area contributed by atoms with Gasteiger partial charge in [-0.05, 0) is 0 Å². The fourth-order valence-electron chi connectivity index (χ4n) is 0.244. The van der Waals surface area contributed by atoms with Gasteiger partial charge in [-0.2, -0.15) is 0 Å². The molecule has 0 aromatic carbocycles. The molecule has 0 amide bonds. The van der Waals surface area contributed by atoms with Crippen molar-refractivity contribution in [2.24, 2.45) is 0 Å². The molecule has 0 heterocycles. The summed E-state index contributed by atoms with van der Waals surface area (Å²) in [6.45, 7) is 0. The maximum absolute atomic E-state index is 11.7. The van der Waals surface area contributed by atoms with Crippen molar-refractivity contribution in [3.63, 3.8) is 0 Å². The molecule has 1 nitrogen and oxygen atoms in total. The second-order valence-electron chi connectivity index (χ2n) is 1.37. The summed E-state index contributed by atoms with van der Waals surface area (Å²) in [5, 5.41) is 0. The molecule has 2 atom stereocenters. The van der Waals surface area contributed by atoms with E-state index in [2.05, 4.69) is 4.74 Å². The molecule has 0 rings (SSSR count). The minimum atomic E-state index is -3.32. The van der Waals surface area contributed by atoms with Gasteiger partial charge in [-0.15, -0.1) is 0 Å². The zero-order valence-corrected chi connectivity index (χ0v) is 4.65. The second-order valence-corrected chi connectivity index (χ2v) is 1.37. The highest BCUT2D eigenvalue weighted by molar-refractivity contribution is 4.60. The summed E-state index contributed by atoms with van der Waals surface area (Å²) in [7, 11) is 0.819. The van der Waals surface area contributed by atoms with Gasteiger partial charge in [0.25, 0.3) is 6.43 Å². The first-order valence-electron chi connectivity index (χ1n) is 2.18. The highest BCUT2D eigenvalue weighted by Gasteiger charge is 2.29. The predicted molar refractivity (Wildman–Crippen MR) is 22.8 cm³/mol. The minimum absolute atomic E-state index is 0.819. The Kier molecular flexibility index (Phi) is 3.53. The van der Waals surface area contributed by atoms with Gasteiger partial charge in [-0.3, -0.25) is 0 Å². The van der Waals surface area contributed by atoms with Crippen LogP contribution in [0.4, 0.5) is 17.6 Å². The van der Waals surface area contributed by atoms with Gasteiger partial charge in [-0.25, -0.2) is 17.6 Å². The van der Waals surface area contributed by atoms with E-state index in [1.54, 1.807) is 0 Å². The molecule has 0 radical (unpaired) electrons. The lowest BCUT2D eigenvalue weighted by Gasteiger charge is -2.09. The molecule has 0 aromatic rings. The summed E-state index contributed by atoms with van der Waals surface area (Å²) in [6.07, 6.45) is -8.68. The minimum Gasteiger partial charge on any atom is -0.349 e. The van der Waals surface area contributed by atoms with E-state index in [9.17, 15) is 17.6 Å². The van der Waals surface area contributed by atoms with Crippen LogP contribution in [0.3, 0.4) is 0 Å². The molecule has 0 fully saturated rings. The van der Waals surface area contributed by atoms with E-state index in [0.717, 1.165) is 7.11 Å². The SMILES string of the molecule is COC(F)C(F)C(F)F. The molecule has 2 unspecified atom stereocenters. The van der Waals surface area contributed by atoms with Crippen LogP contribution in [0.25, 0.3) is 0 Å². The number of hydrogen-bond donors (Lipinski definition) is 0. The maximum Gasteiger partial charge on any atom is 0.274 e. The Morgan fingerprint density at radius 3 is 1.67 bits per heavy atom. The predicted octanol–water partition coefficient (Wildman–Crippen LogP) is 1.53. The zero-order valence-electron chi connectivity index (χ0n) is 4.65. The van der Waals surface area contributed by atoms with Gasteiger partial charge in [0, 0.05) is 7.11 Å². The van der Waals surface area contributed by atoms with Crippen LogP contribution in [-0.4, -0.2) is 26.1 Å². The van der Waals surface area contributed by atoms with Crippen molar-refractivity contribution in [1.82, 2.24) is 0 Å². The molecule has 0 aliphatic heterocycles. The molecule has 56 valence electrons. The molecule has 9 heavy (non-hydrogen) atoms. The Morgan fingerprint density at radius 2 is 1.56 bits per heavy atom. The van der Waals surface area contributed by atoms with Gasteiger partial charge in [0.15, 0.2) is 0 Å². The lowest BCUT2D eigenvalue weighted by Crippen LogP contribution is -2.26. The first kappa shape index (κ1) is 8.68. The van der Waals surface area contributed by atoms with Crippen molar-refractivity contribution in [2.45, 2.75) is 19.0 Å². The van der Waals surface area contributed by atoms with Gasteiger partial charge >= 0.3 is 0 Å². The van der Waals surface area contributed by atoms with Crippen molar-refractivity contribution < 1.29 is 22.3 Å². The van der Waals surface area contributed by atoms with Crippen molar-refractivity contribution >= 4 is 0 Å².